The van der Waals surface area contributed by atoms with Crippen molar-refractivity contribution in [3.05, 3.63) is 50.9 Å². The zero-order valence-electron chi connectivity index (χ0n) is 12.9. The molecule has 7 heteroatoms. The number of benzene rings is 1. The van der Waals surface area contributed by atoms with Gasteiger partial charge in [0.2, 0.25) is 0 Å². The fraction of sp³-hybridized carbons (Fsp3) is 0.353. The molecule has 1 saturated heterocycles. The molecule has 3 amide bonds. The molecule has 0 radical (unpaired) electrons. The van der Waals surface area contributed by atoms with Gasteiger partial charge in [-0.3, -0.25) is 9.69 Å². The normalized spacial score (nSPS) is 23.3. The van der Waals surface area contributed by atoms with Gasteiger partial charge in [-0.05, 0) is 36.8 Å². The first-order valence-electron chi connectivity index (χ1n) is 7.93. The van der Waals surface area contributed by atoms with Crippen LogP contribution in [0.5, 0.6) is 0 Å². The summed E-state index contributed by atoms with van der Waals surface area (Å²) < 4.78 is 0.548. The molecule has 24 heavy (non-hydrogen) atoms. The van der Waals surface area contributed by atoms with Crippen LogP contribution in [0.2, 0.25) is 4.34 Å². The topological polar surface area (TPSA) is 62.3 Å². The van der Waals surface area contributed by atoms with Crippen LogP contribution in [-0.4, -0.2) is 21.8 Å². The van der Waals surface area contributed by atoms with Crippen LogP contribution in [0, 0.1) is 0 Å². The number of carbonyl (C=O) groups excluding carboxylic acids is 2. The van der Waals surface area contributed by atoms with Gasteiger partial charge < -0.3 is 5.32 Å². The van der Waals surface area contributed by atoms with Crippen LogP contribution in [0.25, 0.3) is 0 Å². The van der Waals surface area contributed by atoms with Crippen LogP contribution in [0.4, 0.5) is 4.79 Å². The molecule has 1 unspecified atom stereocenters. The molecule has 1 fully saturated rings. The second-order valence-electron chi connectivity index (χ2n) is 6.15. The van der Waals surface area contributed by atoms with E-state index in [1.165, 1.54) is 22.4 Å². The standard InChI is InChI=1S/C17H16ClN3O2S/c18-13-9-19-14(24-13)10-21-15(22)17(20-16(21)23)8-4-3-6-11-5-1-2-7-12(11)17/h1-2,5,7,9H,3-4,6,8,10H2,(H,20,23). The molecule has 1 aromatic heterocycles. The monoisotopic (exact) mass is 361 g/mol. The summed E-state index contributed by atoms with van der Waals surface area (Å²) in [6, 6.07) is 7.56. The largest absolute Gasteiger partial charge is 0.325 e. The SMILES string of the molecule is O=C1NC2(CCCCc3ccccc32)C(=O)N1Cc1ncc(Cl)s1. The van der Waals surface area contributed by atoms with E-state index in [9.17, 15) is 9.59 Å². The van der Waals surface area contributed by atoms with Crippen LogP contribution < -0.4 is 5.32 Å². The summed E-state index contributed by atoms with van der Waals surface area (Å²) >= 11 is 7.19. The zero-order valence-corrected chi connectivity index (χ0v) is 14.5. The second-order valence-corrected chi connectivity index (χ2v) is 7.90. The summed E-state index contributed by atoms with van der Waals surface area (Å²) in [5.74, 6) is -0.187. The lowest BCUT2D eigenvalue weighted by Gasteiger charge is -2.27. The van der Waals surface area contributed by atoms with E-state index in [1.54, 1.807) is 0 Å². The molecular formula is C17H16ClN3O2S. The number of hydrogen-bond acceptors (Lipinski definition) is 4. The van der Waals surface area contributed by atoms with E-state index in [0.717, 1.165) is 30.4 Å². The smallest absolute Gasteiger partial charge is 0.319 e. The molecule has 5 nitrogen and oxygen atoms in total. The average Bonchev–Trinajstić information content (AvgIpc) is 3.01. The third-order valence-corrected chi connectivity index (χ3v) is 5.82. The molecule has 1 atom stereocenters. The minimum absolute atomic E-state index is 0.159. The van der Waals surface area contributed by atoms with Gasteiger partial charge in [-0.1, -0.05) is 35.9 Å². The van der Waals surface area contributed by atoms with Crippen molar-refractivity contribution < 1.29 is 9.59 Å². The summed E-state index contributed by atoms with van der Waals surface area (Å²) in [5, 5.41) is 3.63. The molecule has 124 valence electrons. The molecule has 1 N–H and O–H groups in total. The molecule has 1 aliphatic heterocycles. The highest BCUT2D eigenvalue weighted by Gasteiger charge is 2.53. The van der Waals surface area contributed by atoms with Crippen molar-refractivity contribution in [3.63, 3.8) is 0 Å². The van der Waals surface area contributed by atoms with Crippen molar-refractivity contribution in [2.75, 3.05) is 0 Å². The Labute approximate surface area is 148 Å². The highest BCUT2D eigenvalue weighted by atomic mass is 35.5. The van der Waals surface area contributed by atoms with Gasteiger partial charge in [-0.25, -0.2) is 9.78 Å². The van der Waals surface area contributed by atoms with Gasteiger partial charge in [0.15, 0.2) is 0 Å². The van der Waals surface area contributed by atoms with Crippen molar-refractivity contribution in [1.29, 1.82) is 0 Å². The average molecular weight is 362 g/mol. The zero-order chi connectivity index (χ0) is 16.7. The first-order chi connectivity index (χ1) is 11.6. The molecule has 2 aliphatic rings. The number of aromatic nitrogens is 1. The molecule has 0 saturated carbocycles. The number of rotatable bonds is 2. The second kappa shape index (κ2) is 5.86. The van der Waals surface area contributed by atoms with E-state index in [0.29, 0.717) is 15.8 Å². The van der Waals surface area contributed by atoms with Gasteiger partial charge in [-0.2, -0.15) is 0 Å². The van der Waals surface area contributed by atoms with Gasteiger partial charge in [0.05, 0.1) is 12.7 Å². The van der Waals surface area contributed by atoms with E-state index in [2.05, 4.69) is 10.3 Å². The van der Waals surface area contributed by atoms with Crippen LogP contribution in [0.15, 0.2) is 30.5 Å². The van der Waals surface area contributed by atoms with Gasteiger partial charge in [-0.15, -0.1) is 11.3 Å². The molecule has 2 heterocycles. The van der Waals surface area contributed by atoms with Crippen molar-refractivity contribution in [3.8, 4) is 0 Å². The Kier molecular flexibility index (Phi) is 3.81. The number of aryl methyl sites for hydroxylation is 1. The quantitative estimate of drug-likeness (QED) is 0.833. The van der Waals surface area contributed by atoms with E-state index in [4.69, 9.17) is 11.6 Å². The summed E-state index contributed by atoms with van der Waals surface area (Å²) in [7, 11) is 0. The van der Waals surface area contributed by atoms with Crippen molar-refractivity contribution in [2.45, 2.75) is 37.8 Å². The van der Waals surface area contributed by atoms with Crippen molar-refractivity contribution >= 4 is 34.9 Å². The lowest BCUT2D eigenvalue weighted by atomic mass is 9.84. The number of thiazole rings is 1. The maximum Gasteiger partial charge on any atom is 0.325 e. The number of nitrogens with zero attached hydrogens (tertiary/aromatic N) is 2. The van der Waals surface area contributed by atoms with Crippen molar-refractivity contribution in [2.24, 2.45) is 0 Å². The Morgan fingerprint density at radius 3 is 2.92 bits per heavy atom. The summed E-state index contributed by atoms with van der Waals surface area (Å²) in [6.45, 7) is 0.159. The number of nitrogens with one attached hydrogen (secondary N) is 1. The number of imide groups is 1. The number of amides is 3. The minimum atomic E-state index is -0.939. The molecule has 1 spiro atoms. The van der Waals surface area contributed by atoms with Gasteiger partial charge in [0, 0.05) is 0 Å². The molecule has 4 rings (SSSR count). The Morgan fingerprint density at radius 2 is 2.12 bits per heavy atom. The Balaban J connectivity index is 1.72. The Bertz CT molecular complexity index is 822. The van der Waals surface area contributed by atoms with Crippen molar-refractivity contribution in [1.82, 2.24) is 15.2 Å². The maximum atomic E-state index is 13.2. The third-order valence-electron chi connectivity index (χ3n) is 4.72. The highest BCUT2D eigenvalue weighted by molar-refractivity contribution is 7.15. The van der Waals surface area contributed by atoms with E-state index >= 15 is 0 Å². The van der Waals surface area contributed by atoms with Gasteiger partial charge >= 0.3 is 6.03 Å². The van der Waals surface area contributed by atoms with E-state index in [1.807, 2.05) is 24.3 Å². The van der Waals surface area contributed by atoms with Gasteiger partial charge in [0.25, 0.3) is 5.91 Å². The lowest BCUT2D eigenvalue weighted by Crippen LogP contribution is -2.44. The molecule has 1 aromatic carbocycles. The fourth-order valence-corrected chi connectivity index (χ4v) is 4.56. The van der Waals surface area contributed by atoms with Crippen LogP contribution in [0.3, 0.4) is 0 Å². The number of fused-ring (bicyclic) bond motifs is 2. The van der Waals surface area contributed by atoms with Crippen LogP contribution in [0.1, 0.15) is 35.4 Å². The lowest BCUT2D eigenvalue weighted by molar-refractivity contribution is -0.132. The predicted molar refractivity (Wildman–Crippen MR) is 91.9 cm³/mol. The fourth-order valence-electron chi connectivity index (χ4n) is 3.61. The van der Waals surface area contributed by atoms with Crippen LogP contribution in [-0.2, 0) is 23.3 Å². The molecular weight excluding hydrogens is 346 g/mol. The van der Waals surface area contributed by atoms with Gasteiger partial charge in [0.1, 0.15) is 14.9 Å². The third kappa shape index (κ3) is 2.41. The summed E-state index contributed by atoms with van der Waals surface area (Å²) in [6.07, 6.45) is 5.02. The Hall–Kier alpha value is -1.92. The summed E-state index contributed by atoms with van der Waals surface area (Å²) in [4.78, 5) is 31.2. The van der Waals surface area contributed by atoms with Crippen LogP contribution >= 0.6 is 22.9 Å². The minimum Gasteiger partial charge on any atom is -0.319 e. The molecule has 0 bridgehead atoms. The first kappa shape index (κ1) is 15.6. The highest BCUT2D eigenvalue weighted by Crippen LogP contribution is 2.39. The molecule has 1 aliphatic carbocycles. The Morgan fingerprint density at radius 1 is 1.29 bits per heavy atom. The van der Waals surface area contributed by atoms with E-state index < -0.39 is 5.54 Å². The number of hydrogen-bond donors (Lipinski definition) is 1. The first-order valence-corrected chi connectivity index (χ1v) is 9.12. The van der Waals surface area contributed by atoms with E-state index in [-0.39, 0.29) is 18.5 Å². The number of carbonyl (C=O) groups is 2. The molecule has 2 aromatic rings. The number of halogens is 1. The summed E-state index contributed by atoms with van der Waals surface area (Å²) in [5.41, 5.74) is 1.13. The number of urea groups is 1. The maximum absolute atomic E-state index is 13.2. The predicted octanol–water partition coefficient (Wildman–Crippen LogP) is 3.47.